The van der Waals surface area contributed by atoms with Gasteiger partial charge in [-0.2, -0.15) is 17.6 Å². The van der Waals surface area contributed by atoms with Crippen LogP contribution in [0.1, 0.15) is 51.8 Å². The van der Waals surface area contributed by atoms with E-state index in [1.165, 1.54) is 13.1 Å². The molecular weight excluding hydrogens is 629 g/mol. The minimum absolute atomic E-state index is 0.00186. The monoisotopic (exact) mass is 673 g/mol. The van der Waals surface area contributed by atoms with E-state index in [1.807, 2.05) is 4.90 Å². The average molecular weight is 674 g/mol. The van der Waals surface area contributed by atoms with Crippen LogP contribution in [0.3, 0.4) is 0 Å². The third-order valence-electron chi connectivity index (χ3n) is 9.60. The van der Waals surface area contributed by atoms with Gasteiger partial charge in [-0.25, -0.2) is 4.39 Å². The Morgan fingerprint density at radius 1 is 1.13 bits per heavy atom. The first-order valence-corrected chi connectivity index (χ1v) is 18.3. The van der Waals surface area contributed by atoms with Crippen molar-refractivity contribution in [3.63, 3.8) is 0 Å². The number of carbonyl (C=O) groups excluding carboxylic acids is 1. The van der Waals surface area contributed by atoms with E-state index in [0.717, 1.165) is 19.1 Å². The van der Waals surface area contributed by atoms with Gasteiger partial charge in [-0.1, -0.05) is 33.8 Å². The van der Waals surface area contributed by atoms with Crippen molar-refractivity contribution >= 4 is 19.9 Å². The summed E-state index contributed by atoms with van der Waals surface area (Å²) in [4.78, 5) is 20.0. The lowest BCUT2D eigenvalue weighted by atomic mass is 9.77. The lowest BCUT2D eigenvalue weighted by Crippen LogP contribution is -2.47. The van der Waals surface area contributed by atoms with Crippen LogP contribution in [0, 0.1) is 17.6 Å². The number of nitrogens with one attached hydrogen (secondary N) is 1. The number of rotatable bonds is 10. The molecule has 1 amide bonds. The van der Waals surface area contributed by atoms with Crippen molar-refractivity contribution in [2.75, 3.05) is 44.8 Å². The Hall–Kier alpha value is -2.65. The van der Waals surface area contributed by atoms with E-state index in [4.69, 9.17) is 18.6 Å². The van der Waals surface area contributed by atoms with Gasteiger partial charge in [0.1, 0.15) is 12.7 Å². The van der Waals surface area contributed by atoms with Gasteiger partial charge in [0.05, 0.1) is 37.4 Å². The Balaban J connectivity index is 1.58. The fraction of sp³-hybridized carbons (Fsp3) is 0.625. The maximum atomic E-state index is 15.2. The van der Waals surface area contributed by atoms with E-state index in [1.54, 1.807) is 12.1 Å². The van der Waals surface area contributed by atoms with Crippen LogP contribution in [-0.2, 0) is 25.3 Å². The van der Waals surface area contributed by atoms with Crippen LogP contribution >= 0.6 is 0 Å². The third-order valence-corrected chi connectivity index (χ3v) is 14.1. The molecule has 14 heteroatoms. The Morgan fingerprint density at radius 2 is 1.80 bits per heavy atom. The Morgan fingerprint density at radius 3 is 2.39 bits per heavy atom. The molecule has 4 atom stereocenters. The van der Waals surface area contributed by atoms with Gasteiger partial charge in [0, 0.05) is 37.0 Å². The van der Waals surface area contributed by atoms with Gasteiger partial charge < -0.3 is 24.0 Å². The number of aromatic nitrogens is 1. The van der Waals surface area contributed by atoms with Crippen molar-refractivity contribution in [3.05, 3.63) is 53.4 Å². The number of alkyl halides is 3. The van der Waals surface area contributed by atoms with Crippen molar-refractivity contribution in [1.29, 1.82) is 0 Å². The molecule has 256 valence electrons. The minimum atomic E-state index is -4.87. The number of morpholine rings is 1. The van der Waals surface area contributed by atoms with Crippen molar-refractivity contribution in [2.24, 2.45) is 5.92 Å². The summed E-state index contributed by atoms with van der Waals surface area (Å²) in [5.41, 5.74) is -2.00. The second-order valence-electron chi connectivity index (χ2n) is 13.6. The molecular formula is C32H44F5N3O5Si. The molecule has 4 rings (SSSR count). The number of carbonyl (C=O) groups is 1. The molecule has 2 saturated heterocycles. The molecule has 0 unspecified atom stereocenters. The van der Waals surface area contributed by atoms with E-state index in [-0.39, 0.29) is 29.5 Å². The molecule has 1 N–H and O–H groups in total. The van der Waals surface area contributed by atoms with Gasteiger partial charge in [-0.05, 0) is 43.3 Å². The quantitative estimate of drug-likeness (QED) is 0.223. The molecule has 1 aromatic heterocycles. The van der Waals surface area contributed by atoms with E-state index in [9.17, 15) is 22.4 Å². The zero-order chi connectivity index (χ0) is 34.1. The summed E-state index contributed by atoms with van der Waals surface area (Å²) in [6.45, 7) is 15.6. The van der Waals surface area contributed by atoms with Gasteiger partial charge in [-0.3, -0.25) is 14.7 Å². The van der Waals surface area contributed by atoms with Crippen molar-refractivity contribution in [1.82, 2.24) is 9.88 Å². The van der Waals surface area contributed by atoms with Crippen LogP contribution in [0.5, 0.6) is 5.75 Å². The fourth-order valence-corrected chi connectivity index (χ4v) is 6.29. The molecule has 0 radical (unpaired) electrons. The smallest absolute Gasteiger partial charge is 0.417 e. The Kier molecular flexibility index (Phi) is 10.9. The zero-order valence-electron chi connectivity index (χ0n) is 27.4. The summed E-state index contributed by atoms with van der Waals surface area (Å²) >= 11 is 0. The maximum absolute atomic E-state index is 15.2. The van der Waals surface area contributed by atoms with Gasteiger partial charge in [0.15, 0.2) is 25.5 Å². The summed E-state index contributed by atoms with van der Waals surface area (Å²) in [6.07, 6.45) is -5.20. The summed E-state index contributed by atoms with van der Waals surface area (Å²) in [5, 5.41) is 2.60. The molecule has 0 aliphatic carbocycles. The first-order valence-electron chi connectivity index (χ1n) is 15.4. The topological polar surface area (TPSA) is 82.2 Å². The molecule has 3 heterocycles. The SMILES string of the molecule is C[C@H]1[C@@H](c2ccc(F)c(F)c2OCCN2CCOCC2)[C@H](C(=O)Nc2ccc(CO[Si](C)(C)C(C)(C)C)nc2)O[C@@]1(C)C(F)(F)F. The van der Waals surface area contributed by atoms with Crippen LogP contribution in [0.15, 0.2) is 30.5 Å². The number of hydrogen-bond acceptors (Lipinski definition) is 7. The molecule has 8 nitrogen and oxygen atoms in total. The van der Waals surface area contributed by atoms with E-state index in [0.29, 0.717) is 38.5 Å². The predicted molar refractivity (Wildman–Crippen MR) is 165 cm³/mol. The number of benzene rings is 1. The minimum Gasteiger partial charge on any atom is -0.489 e. The van der Waals surface area contributed by atoms with Crippen LogP contribution in [0.4, 0.5) is 27.6 Å². The third kappa shape index (κ3) is 7.72. The molecule has 2 aromatic rings. The number of anilines is 1. The summed E-state index contributed by atoms with van der Waals surface area (Å²) < 4.78 is 95.7. The normalized spacial score (nSPS) is 24.7. The van der Waals surface area contributed by atoms with Gasteiger partial charge in [-0.15, -0.1) is 0 Å². The second kappa shape index (κ2) is 13.8. The molecule has 2 aliphatic heterocycles. The first kappa shape index (κ1) is 36.2. The van der Waals surface area contributed by atoms with Gasteiger partial charge >= 0.3 is 6.18 Å². The van der Waals surface area contributed by atoms with Crippen LogP contribution in [0.25, 0.3) is 0 Å². The standard InChI is InChI=1S/C32H44F5N3O5Si/c1-20-25(23-10-11-24(33)26(34)27(23)43-17-14-40-12-15-42-16-13-40)28(45-31(20,5)32(35,36)37)29(41)39-21-8-9-22(38-18-21)19-44-46(6,7)30(2,3)4/h8-11,18,20,25,28H,12-17,19H2,1-7H3,(H,39,41)/t20-,25-,28+,31+/m0/s1. The lowest BCUT2D eigenvalue weighted by Gasteiger charge is -2.36. The molecule has 0 saturated carbocycles. The Labute approximate surface area is 268 Å². The molecule has 1 aromatic carbocycles. The summed E-state index contributed by atoms with van der Waals surface area (Å²) in [7, 11) is -2.04. The first-order chi connectivity index (χ1) is 21.4. The zero-order valence-corrected chi connectivity index (χ0v) is 28.4. The molecule has 0 bridgehead atoms. The van der Waals surface area contributed by atoms with E-state index < -0.39 is 61.3 Å². The highest BCUT2D eigenvalue weighted by molar-refractivity contribution is 6.74. The fourth-order valence-electron chi connectivity index (χ4n) is 5.35. The number of nitrogens with zero attached hydrogens (tertiary/aromatic N) is 2. The second-order valence-corrected chi connectivity index (χ2v) is 18.4. The number of pyridine rings is 1. The van der Waals surface area contributed by atoms with Gasteiger partial charge in [0.25, 0.3) is 5.91 Å². The van der Waals surface area contributed by atoms with Crippen LogP contribution < -0.4 is 10.1 Å². The van der Waals surface area contributed by atoms with Gasteiger partial charge in [0.2, 0.25) is 5.82 Å². The van der Waals surface area contributed by atoms with Crippen molar-refractivity contribution < 1.29 is 45.4 Å². The molecule has 2 fully saturated rings. The molecule has 0 spiro atoms. The number of hydrogen-bond donors (Lipinski definition) is 1. The Bertz CT molecular complexity index is 1370. The lowest BCUT2D eigenvalue weighted by molar-refractivity contribution is -0.272. The van der Waals surface area contributed by atoms with Crippen LogP contribution in [0.2, 0.25) is 18.1 Å². The average Bonchev–Trinajstić information content (AvgIpc) is 3.26. The highest BCUT2D eigenvalue weighted by atomic mass is 28.4. The summed E-state index contributed by atoms with van der Waals surface area (Å²) in [6, 6.07) is 5.21. The predicted octanol–water partition coefficient (Wildman–Crippen LogP) is 6.67. The van der Waals surface area contributed by atoms with E-state index >= 15 is 4.39 Å². The highest BCUT2D eigenvalue weighted by Crippen LogP contribution is 2.55. The highest BCUT2D eigenvalue weighted by Gasteiger charge is 2.66. The molecule has 2 aliphatic rings. The van der Waals surface area contributed by atoms with Crippen LogP contribution in [-0.4, -0.2) is 81.4 Å². The maximum Gasteiger partial charge on any atom is 0.417 e. The van der Waals surface area contributed by atoms with Crippen molar-refractivity contribution in [3.8, 4) is 5.75 Å². The van der Waals surface area contributed by atoms with E-state index in [2.05, 4.69) is 44.2 Å². The number of halogens is 5. The largest absolute Gasteiger partial charge is 0.489 e. The number of amides is 1. The molecule has 46 heavy (non-hydrogen) atoms. The number of ether oxygens (including phenoxy) is 3. The summed E-state index contributed by atoms with van der Waals surface area (Å²) in [5.74, 6) is -6.69. The van der Waals surface area contributed by atoms with Crippen molar-refractivity contribution in [2.45, 2.75) is 83.2 Å².